The third-order valence-electron chi connectivity index (χ3n) is 1.22. The van der Waals surface area contributed by atoms with Crippen LogP contribution < -0.4 is 0 Å². The van der Waals surface area contributed by atoms with E-state index in [1.54, 1.807) is 0 Å². The third kappa shape index (κ3) is 2.01. The lowest BCUT2D eigenvalue weighted by atomic mass is 10.2. The van der Waals surface area contributed by atoms with Crippen LogP contribution >= 0.6 is 11.6 Å². The molecule has 12 heavy (non-hydrogen) atoms. The van der Waals surface area contributed by atoms with Gasteiger partial charge in [0.1, 0.15) is 5.75 Å². The highest BCUT2D eigenvalue weighted by molar-refractivity contribution is 6.31. The molecule has 1 aromatic carbocycles. The average molecular weight is 181 g/mol. The topological polar surface area (TPSA) is 37.3 Å². The zero-order valence-corrected chi connectivity index (χ0v) is 6.80. The van der Waals surface area contributed by atoms with Gasteiger partial charge in [-0.2, -0.15) is 0 Å². The lowest BCUT2D eigenvalue weighted by Gasteiger charge is -1.95. The fourth-order valence-electron chi connectivity index (χ4n) is 0.716. The average Bonchev–Trinajstić information content (AvgIpc) is 2.07. The van der Waals surface area contributed by atoms with E-state index in [0.29, 0.717) is 16.9 Å². The molecule has 0 aliphatic heterocycles. The Balaban J connectivity index is 3.13. The number of aromatic hydroxyl groups is 1. The summed E-state index contributed by atoms with van der Waals surface area (Å²) in [5, 5.41) is 9.44. The summed E-state index contributed by atoms with van der Waals surface area (Å²) in [5.74, 6) is 4.78. The first-order valence-corrected chi connectivity index (χ1v) is 3.55. The first-order chi connectivity index (χ1) is 5.74. The number of carbonyl (C=O) groups is 1. The van der Waals surface area contributed by atoms with Crippen molar-refractivity contribution in [2.75, 3.05) is 0 Å². The van der Waals surface area contributed by atoms with E-state index in [2.05, 4.69) is 11.8 Å². The summed E-state index contributed by atoms with van der Waals surface area (Å²) < 4.78 is 0. The first-order valence-electron chi connectivity index (χ1n) is 3.18. The smallest absolute Gasteiger partial charge is 0.193 e. The maximum absolute atomic E-state index is 9.90. The number of benzene rings is 1. The van der Waals surface area contributed by atoms with E-state index in [4.69, 9.17) is 16.7 Å². The Morgan fingerprint density at radius 1 is 1.50 bits per heavy atom. The Morgan fingerprint density at radius 2 is 2.25 bits per heavy atom. The highest BCUT2D eigenvalue weighted by atomic mass is 35.5. The van der Waals surface area contributed by atoms with E-state index in [-0.39, 0.29) is 5.75 Å². The number of phenols is 1. The van der Waals surface area contributed by atoms with Gasteiger partial charge in [0.25, 0.3) is 0 Å². The Morgan fingerprint density at radius 3 is 2.92 bits per heavy atom. The molecule has 0 saturated heterocycles. The van der Waals surface area contributed by atoms with Gasteiger partial charge in [0.15, 0.2) is 6.29 Å². The second kappa shape index (κ2) is 3.80. The number of hydrogen-bond donors (Lipinski definition) is 1. The van der Waals surface area contributed by atoms with Gasteiger partial charge < -0.3 is 5.11 Å². The minimum Gasteiger partial charge on any atom is -0.508 e. The maximum Gasteiger partial charge on any atom is 0.193 e. The molecule has 0 heterocycles. The van der Waals surface area contributed by atoms with Crippen LogP contribution in [0.25, 0.3) is 0 Å². The Kier molecular flexibility index (Phi) is 2.73. The van der Waals surface area contributed by atoms with Crippen LogP contribution in [0.2, 0.25) is 5.02 Å². The lowest BCUT2D eigenvalue weighted by Crippen LogP contribution is -1.76. The van der Waals surface area contributed by atoms with Gasteiger partial charge in [-0.05, 0) is 24.1 Å². The molecule has 0 amide bonds. The fraction of sp³-hybridized carbons (Fsp3) is 0. The third-order valence-corrected chi connectivity index (χ3v) is 1.55. The minimum absolute atomic E-state index is 0.0783. The van der Waals surface area contributed by atoms with Crippen LogP contribution in [0.5, 0.6) is 5.75 Å². The van der Waals surface area contributed by atoms with E-state index in [1.807, 2.05) is 0 Å². The summed E-state index contributed by atoms with van der Waals surface area (Å²) in [7, 11) is 0. The first kappa shape index (κ1) is 8.63. The van der Waals surface area contributed by atoms with Crippen LogP contribution in [0.3, 0.4) is 0 Å². The van der Waals surface area contributed by atoms with Crippen molar-refractivity contribution >= 4 is 17.9 Å². The van der Waals surface area contributed by atoms with Gasteiger partial charge in [-0.15, -0.1) is 0 Å². The van der Waals surface area contributed by atoms with E-state index in [1.165, 1.54) is 18.2 Å². The second-order valence-corrected chi connectivity index (χ2v) is 2.46. The molecule has 0 bridgehead atoms. The lowest BCUT2D eigenvalue weighted by molar-refractivity contribution is -0.103. The van der Waals surface area contributed by atoms with Crippen LogP contribution in [0.4, 0.5) is 0 Å². The molecule has 0 aliphatic rings. The van der Waals surface area contributed by atoms with Crippen molar-refractivity contribution < 1.29 is 9.90 Å². The predicted octanol–water partition coefficient (Wildman–Crippen LogP) is 1.60. The molecule has 1 aromatic rings. The molecule has 0 aliphatic carbocycles. The maximum atomic E-state index is 9.90. The number of hydrogen-bond acceptors (Lipinski definition) is 2. The summed E-state index contributed by atoms with van der Waals surface area (Å²) in [6.07, 6.45) is 0.473. The van der Waals surface area contributed by atoms with Crippen molar-refractivity contribution in [3.8, 4) is 17.6 Å². The van der Waals surface area contributed by atoms with Crippen LogP contribution in [0, 0.1) is 11.8 Å². The molecule has 60 valence electrons. The Labute approximate surface area is 74.8 Å². The molecule has 0 unspecified atom stereocenters. The molecule has 0 atom stereocenters. The van der Waals surface area contributed by atoms with Crippen LogP contribution in [-0.2, 0) is 4.79 Å². The van der Waals surface area contributed by atoms with Gasteiger partial charge in [-0.3, -0.25) is 4.79 Å². The molecule has 0 spiro atoms. The number of halogens is 1. The van der Waals surface area contributed by atoms with Gasteiger partial charge >= 0.3 is 0 Å². The van der Waals surface area contributed by atoms with Gasteiger partial charge in [-0.1, -0.05) is 17.5 Å². The normalized spacial score (nSPS) is 8.42. The monoisotopic (exact) mass is 180 g/mol. The number of aldehydes is 1. The molecular formula is C9H5ClO2. The standard InChI is InChI=1S/C9H5ClO2/c10-9-4-3-8(12)6-7(9)2-1-5-11/h3-6,12H. The van der Waals surface area contributed by atoms with Crippen molar-refractivity contribution in [2.24, 2.45) is 0 Å². The van der Waals surface area contributed by atoms with E-state index < -0.39 is 0 Å². The zero-order valence-electron chi connectivity index (χ0n) is 6.04. The molecule has 1 rings (SSSR count). The summed E-state index contributed by atoms with van der Waals surface area (Å²) in [5.41, 5.74) is 0.448. The molecule has 2 nitrogen and oxygen atoms in total. The Hall–Kier alpha value is -1.46. The number of phenolic OH excluding ortho intramolecular Hbond substituents is 1. The largest absolute Gasteiger partial charge is 0.508 e. The van der Waals surface area contributed by atoms with Crippen LogP contribution in [0.1, 0.15) is 5.56 Å². The van der Waals surface area contributed by atoms with Gasteiger partial charge in [0.2, 0.25) is 0 Å². The van der Waals surface area contributed by atoms with Crippen LogP contribution in [-0.4, -0.2) is 11.4 Å². The molecule has 0 saturated carbocycles. The SMILES string of the molecule is O=CC#Cc1cc(O)ccc1Cl. The summed E-state index contributed by atoms with van der Waals surface area (Å²) in [6, 6.07) is 4.37. The highest BCUT2D eigenvalue weighted by Gasteiger charge is 1.96. The number of rotatable bonds is 0. The summed E-state index contributed by atoms with van der Waals surface area (Å²) in [6.45, 7) is 0. The molecule has 0 fully saturated rings. The fourth-order valence-corrected chi connectivity index (χ4v) is 0.881. The van der Waals surface area contributed by atoms with Crippen LogP contribution in [0.15, 0.2) is 18.2 Å². The molecule has 0 radical (unpaired) electrons. The van der Waals surface area contributed by atoms with Gasteiger partial charge in [0.05, 0.1) is 5.02 Å². The summed E-state index contributed by atoms with van der Waals surface area (Å²) >= 11 is 5.70. The molecular weight excluding hydrogens is 176 g/mol. The zero-order chi connectivity index (χ0) is 8.97. The van der Waals surface area contributed by atoms with Crippen molar-refractivity contribution in [1.29, 1.82) is 0 Å². The number of carbonyl (C=O) groups excluding carboxylic acids is 1. The quantitative estimate of drug-likeness (QED) is 0.486. The van der Waals surface area contributed by atoms with Gasteiger partial charge in [-0.25, -0.2) is 0 Å². The predicted molar refractivity (Wildman–Crippen MR) is 46.1 cm³/mol. The van der Waals surface area contributed by atoms with Crippen molar-refractivity contribution in [2.45, 2.75) is 0 Å². The Bertz CT molecular complexity index is 361. The molecule has 1 N–H and O–H groups in total. The summed E-state index contributed by atoms with van der Waals surface area (Å²) in [4.78, 5) is 9.90. The van der Waals surface area contributed by atoms with E-state index >= 15 is 0 Å². The van der Waals surface area contributed by atoms with Crippen molar-refractivity contribution in [1.82, 2.24) is 0 Å². The minimum atomic E-state index is 0.0783. The molecule has 0 aromatic heterocycles. The second-order valence-electron chi connectivity index (χ2n) is 2.05. The van der Waals surface area contributed by atoms with Crippen molar-refractivity contribution in [3.63, 3.8) is 0 Å². The molecule has 3 heteroatoms. The van der Waals surface area contributed by atoms with Crippen molar-refractivity contribution in [3.05, 3.63) is 28.8 Å². The highest BCUT2D eigenvalue weighted by Crippen LogP contribution is 2.19. The van der Waals surface area contributed by atoms with E-state index in [0.717, 1.165) is 0 Å². The van der Waals surface area contributed by atoms with E-state index in [9.17, 15) is 4.79 Å². The van der Waals surface area contributed by atoms with Gasteiger partial charge in [0, 0.05) is 5.56 Å².